The maximum atomic E-state index is 11.9. The SMILES string of the molecule is COc1cccc(OC[C@@H]2COC[C@H]2NC(=O)OC(C)(C)C)c1[N+](=O)[O-]. The maximum Gasteiger partial charge on any atom is 0.407 e. The van der Waals surface area contributed by atoms with Crippen LogP contribution in [0.2, 0.25) is 0 Å². The summed E-state index contributed by atoms with van der Waals surface area (Å²) in [7, 11) is 1.36. The smallest absolute Gasteiger partial charge is 0.407 e. The van der Waals surface area contributed by atoms with Crippen LogP contribution in [0.25, 0.3) is 0 Å². The third-order valence-corrected chi connectivity index (χ3v) is 3.72. The van der Waals surface area contributed by atoms with E-state index in [1.165, 1.54) is 19.2 Å². The van der Waals surface area contributed by atoms with Gasteiger partial charge in [-0.3, -0.25) is 10.1 Å². The third kappa shape index (κ3) is 5.22. The number of benzene rings is 1. The summed E-state index contributed by atoms with van der Waals surface area (Å²) in [5.74, 6) is 0.0733. The van der Waals surface area contributed by atoms with Crippen LogP contribution in [0.15, 0.2) is 18.2 Å². The summed E-state index contributed by atoms with van der Waals surface area (Å²) in [5, 5.41) is 14.0. The molecule has 1 aliphatic rings. The van der Waals surface area contributed by atoms with Gasteiger partial charge in [0, 0.05) is 5.92 Å². The fraction of sp³-hybridized carbons (Fsp3) is 0.588. The lowest BCUT2D eigenvalue weighted by Gasteiger charge is -2.23. The zero-order valence-electron chi connectivity index (χ0n) is 15.3. The molecule has 0 aliphatic carbocycles. The molecule has 26 heavy (non-hydrogen) atoms. The molecule has 0 aromatic heterocycles. The van der Waals surface area contributed by atoms with Gasteiger partial charge < -0.3 is 24.3 Å². The number of hydrogen-bond donors (Lipinski definition) is 1. The van der Waals surface area contributed by atoms with Crippen molar-refractivity contribution < 1.29 is 28.7 Å². The van der Waals surface area contributed by atoms with E-state index < -0.39 is 16.6 Å². The van der Waals surface area contributed by atoms with Crippen molar-refractivity contribution in [2.75, 3.05) is 26.9 Å². The van der Waals surface area contributed by atoms with Crippen molar-refractivity contribution in [3.8, 4) is 11.5 Å². The van der Waals surface area contributed by atoms with Gasteiger partial charge >= 0.3 is 11.8 Å². The largest absolute Gasteiger partial charge is 0.490 e. The molecule has 1 saturated heterocycles. The van der Waals surface area contributed by atoms with E-state index in [4.69, 9.17) is 18.9 Å². The first-order valence-corrected chi connectivity index (χ1v) is 8.22. The molecule has 0 unspecified atom stereocenters. The number of nitro benzene ring substituents is 1. The Balaban J connectivity index is 2.00. The van der Waals surface area contributed by atoms with Crippen LogP contribution in [-0.2, 0) is 9.47 Å². The van der Waals surface area contributed by atoms with Crippen LogP contribution in [-0.4, -0.2) is 49.6 Å². The van der Waals surface area contributed by atoms with E-state index in [1.54, 1.807) is 26.8 Å². The van der Waals surface area contributed by atoms with Gasteiger partial charge in [0.2, 0.25) is 11.5 Å². The molecule has 9 heteroatoms. The van der Waals surface area contributed by atoms with Gasteiger partial charge in [-0.1, -0.05) is 6.07 Å². The van der Waals surface area contributed by atoms with E-state index >= 15 is 0 Å². The summed E-state index contributed by atoms with van der Waals surface area (Å²) in [6, 6.07) is 4.32. The second-order valence-corrected chi connectivity index (χ2v) is 6.93. The molecule has 1 fully saturated rings. The van der Waals surface area contributed by atoms with Gasteiger partial charge in [-0.15, -0.1) is 0 Å². The van der Waals surface area contributed by atoms with Crippen molar-refractivity contribution in [2.45, 2.75) is 32.4 Å². The van der Waals surface area contributed by atoms with Crippen molar-refractivity contribution >= 4 is 11.8 Å². The second kappa shape index (κ2) is 8.22. The summed E-state index contributed by atoms with van der Waals surface area (Å²) < 4.78 is 21.3. The Kier molecular flexibility index (Phi) is 6.25. The van der Waals surface area contributed by atoms with Crippen molar-refractivity contribution in [3.63, 3.8) is 0 Å². The van der Waals surface area contributed by atoms with Crippen LogP contribution < -0.4 is 14.8 Å². The molecule has 144 valence electrons. The number of hydrogen-bond acceptors (Lipinski definition) is 7. The first-order valence-electron chi connectivity index (χ1n) is 8.22. The van der Waals surface area contributed by atoms with Gasteiger partial charge in [0.15, 0.2) is 0 Å². The van der Waals surface area contributed by atoms with E-state index in [0.29, 0.717) is 13.2 Å². The molecule has 2 rings (SSSR count). The van der Waals surface area contributed by atoms with Crippen LogP contribution in [0.5, 0.6) is 11.5 Å². The molecule has 0 saturated carbocycles. The van der Waals surface area contributed by atoms with E-state index in [2.05, 4.69) is 5.32 Å². The minimum Gasteiger partial charge on any atom is -0.490 e. The highest BCUT2D eigenvalue weighted by molar-refractivity contribution is 5.68. The number of amides is 1. The zero-order valence-corrected chi connectivity index (χ0v) is 15.3. The summed E-state index contributed by atoms with van der Waals surface area (Å²) >= 11 is 0. The Hall–Kier alpha value is -2.55. The first-order chi connectivity index (χ1) is 12.2. The fourth-order valence-corrected chi connectivity index (χ4v) is 2.54. The van der Waals surface area contributed by atoms with Crippen LogP contribution in [0, 0.1) is 16.0 Å². The highest BCUT2D eigenvalue weighted by Crippen LogP contribution is 2.36. The predicted octanol–water partition coefficient (Wildman–Crippen LogP) is 2.52. The summed E-state index contributed by atoms with van der Waals surface area (Å²) in [6.07, 6.45) is -0.537. The quantitative estimate of drug-likeness (QED) is 0.607. The number of nitro groups is 1. The molecule has 9 nitrogen and oxygen atoms in total. The Bertz CT molecular complexity index is 657. The lowest BCUT2D eigenvalue weighted by Crippen LogP contribution is -2.44. The topological polar surface area (TPSA) is 109 Å². The van der Waals surface area contributed by atoms with Crippen LogP contribution >= 0.6 is 0 Å². The lowest BCUT2D eigenvalue weighted by atomic mass is 10.1. The van der Waals surface area contributed by atoms with Gasteiger partial charge in [-0.25, -0.2) is 4.79 Å². The molecule has 2 atom stereocenters. The number of carbonyl (C=O) groups is 1. The van der Waals surface area contributed by atoms with Crippen LogP contribution in [0.1, 0.15) is 20.8 Å². The average Bonchev–Trinajstić information content (AvgIpc) is 2.97. The normalized spacial score (nSPS) is 19.7. The minimum absolute atomic E-state index is 0.109. The fourth-order valence-electron chi connectivity index (χ4n) is 2.54. The second-order valence-electron chi connectivity index (χ2n) is 6.93. The Morgan fingerprint density at radius 3 is 2.65 bits per heavy atom. The molecule has 1 aliphatic heterocycles. The van der Waals surface area contributed by atoms with Gasteiger partial charge in [-0.05, 0) is 32.9 Å². The van der Waals surface area contributed by atoms with E-state index in [0.717, 1.165) is 0 Å². The highest BCUT2D eigenvalue weighted by atomic mass is 16.6. The number of para-hydroxylation sites is 1. The summed E-state index contributed by atoms with van der Waals surface area (Å²) in [4.78, 5) is 22.7. The number of rotatable bonds is 6. The molecule has 1 aromatic rings. The first kappa shape index (κ1) is 19.8. The molecule has 1 amide bonds. The number of methoxy groups -OCH3 is 1. The number of alkyl carbamates (subject to hydrolysis) is 1. The zero-order chi connectivity index (χ0) is 19.3. The van der Waals surface area contributed by atoms with Crippen molar-refractivity contribution in [1.82, 2.24) is 5.32 Å². The van der Waals surface area contributed by atoms with Gasteiger partial charge in [0.1, 0.15) is 5.60 Å². The highest BCUT2D eigenvalue weighted by Gasteiger charge is 2.32. The Morgan fingerprint density at radius 1 is 1.35 bits per heavy atom. The van der Waals surface area contributed by atoms with Gasteiger partial charge in [0.05, 0.1) is 37.9 Å². The number of nitrogens with zero attached hydrogens (tertiary/aromatic N) is 1. The predicted molar refractivity (Wildman–Crippen MR) is 92.6 cm³/mol. The minimum atomic E-state index is -0.600. The number of carbonyl (C=O) groups excluding carboxylic acids is 1. The monoisotopic (exact) mass is 368 g/mol. The summed E-state index contributed by atoms with van der Waals surface area (Å²) in [6.45, 7) is 6.18. The standard InChI is InChI=1S/C17H24N2O7/c1-17(2,3)26-16(20)18-12-10-24-8-11(12)9-25-14-7-5-6-13(23-4)15(14)19(21)22/h5-7,11-12H,8-10H2,1-4H3,(H,18,20)/t11-,12+/m0/s1. The molecule has 1 aromatic carbocycles. The molecule has 1 heterocycles. The van der Waals surface area contributed by atoms with E-state index in [9.17, 15) is 14.9 Å². The third-order valence-electron chi connectivity index (χ3n) is 3.72. The number of nitrogens with one attached hydrogen (secondary N) is 1. The average molecular weight is 368 g/mol. The summed E-state index contributed by atoms with van der Waals surface area (Å²) in [5.41, 5.74) is -0.831. The van der Waals surface area contributed by atoms with Crippen LogP contribution in [0.3, 0.4) is 0 Å². The van der Waals surface area contributed by atoms with Crippen molar-refractivity contribution in [1.29, 1.82) is 0 Å². The molecule has 1 N–H and O–H groups in total. The molecular formula is C17H24N2O7. The maximum absolute atomic E-state index is 11.9. The Labute approximate surface area is 151 Å². The Morgan fingerprint density at radius 2 is 2.04 bits per heavy atom. The van der Waals surface area contributed by atoms with E-state index in [-0.39, 0.29) is 35.8 Å². The van der Waals surface area contributed by atoms with Gasteiger partial charge in [0.25, 0.3) is 0 Å². The molecular weight excluding hydrogens is 344 g/mol. The molecule has 0 bridgehead atoms. The van der Waals surface area contributed by atoms with Crippen LogP contribution in [0.4, 0.5) is 10.5 Å². The number of ether oxygens (including phenoxy) is 4. The lowest BCUT2D eigenvalue weighted by molar-refractivity contribution is -0.386. The molecule has 0 radical (unpaired) electrons. The van der Waals surface area contributed by atoms with Crippen molar-refractivity contribution in [2.24, 2.45) is 5.92 Å². The van der Waals surface area contributed by atoms with E-state index in [1.807, 2.05) is 0 Å². The molecule has 0 spiro atoms. The van der Waals surface area contributed by atoms with Gasteiger partial charge in [-0.2, -0.15) is 0 Å². The van der Waals surface area contributed by atoms with Crippen molar-refractivity contribution in [3.05, 3.63) is 28.3 Å².